The molecule has 0 unspecified atom stereocenters. The molecule has 124 valence electrons. The van der Waals surface area contributed by atoms with Crippen LogP contribution in [0, 0.1) is 0 Å². The molecule has 1 aliphatic heterocycles. The van der Waals surface area contributed by atoms with E-state index in [-0.39, 0.29) is 0 Å². The first-order chi connectivity index (χ1) is 11.0. The van der Waals surface area contributed by atoms with Gasteiger partial charge in [0.25, 0.3) is 0 Å². The van der Waals surface area contributed by atoms with Crippen molar-refractivity contribution in [2.75, 3.05) is 6.54 Å². The minimum absolute atomic E-state index is 0.489. The second-order valence-corrected chi connectivity index (χ2v) is 7.43. The van der Waals surface area contributed by atoms with Crippen molar-refractivity contribution in [3.63, 3.8) is 0 Å². The molecule has 2 aromatic rings. The zero-order valence-corrected chi connectivity index (χ0v) is 15.1. The Bertz CT molecular complexity index is 665. The molecule has 0 bridgehead atoms. The second-order valence-electron chi connectivity index (χ2n) is 7.43. The van der Waals surface area contributed by atoms with E-state index in [4.69, 9.17) is 4.98 Å². The van der Waals surface area contributed by atoms with Gasteiger partial charge in [0.15, 0.2) is 0 Å². The van der Waals surface area contributed by atoms with Crippen LogP contribution in [0.2, 0.25) is 0 Å². The normalized spacial score (nSPS) is 15.4. The van der Waals surface area contributed by atoms with Gasteiger partial charge in [-0.3, -0.25) is 4.90 Å². The van der Waals surface area contributed by atoms with Gasteiger partial charge < -0.3 is 4.57 Å². The lowest BCUT2D eigenvalue weighted by atomic mass is 10.0. The quantitative estimate of drug-likeness (QED) is 0.842. The number of hydrogen-bond donors (Lipinski definition) is 0. The number of imidazole rings is 1. The number of rotatable bonds is 4. The molecule has 3 rings (SSSR count). The van der Waals surface area contributed by atoms with Crippen LogP contribution < -0.4 is 0 Å². The first-order valence-electron chi connectivity index (χ1n) is 8.81. The average molecular weight is 311 g/mol. The summed E-state index contributed by atoms with van der Waals surface area (Å²) >= 11 is 0. The van der Waals surface area contributed by atoms with Gasteiger partial charge in [-0.1, -0.05) is 52.0 Å². The largest absolute Gasteiger partial charge is 0.335 e. The Kier molecular flexibility index (Phi) is 4.58. The molecule has 1 aliphatic rings. The summed E-state index contributed by atoms with van der Waals surface area (Å²) in [5.74, 6) is 2.31. The molecule has 3 heteroatoms. The Morgan fingerprint density at radius 3 is 2.35 bits per heavy atom. The summed E-state index contributed by atoms with van der Waals surface area (Å²) in [7, 11) is 2.17. The van der Waals surface area contributed by atoms with Crippen LogP contribution in [0.5, 0.6) is 0 Å². The molecule has 1 aromatic carbocycles. The summed E-state index contributed by atoms with van der Waals surface area (Å²) in [5.41, 5.74) is 5.53. The molecular weight excluding hydrogens is 282 g/mol. The molecule has 0 saturated heterocycles. The van der Waals surface area contributed by atoms with E-state index in [1.165, 1.54) is 28.3 Å². The van der Waals surface area contributed by atoms with Gasteiger partial charge >= 0.3 is 0 Å². The van der Waals surface area contributed by atoms with E-state index in [0.29, 0.717) is 11.8 Å². The average Bonchev–Trinajstić information content (AvgIpc) is 2.84. The number of benzene rings is 1. The van der Waals surface area contributed by atoms with E-state index >= 15 is 0 Å². The van der Waals surface area contributed by atoms with E-state index in [0.717, 1.165) is 26.1 Å². The maximum absolute atomic E-state index is 4.90. The number of fused-ring (bicyclic) bond motifs is 1. The van der Waals surface area contributed by atoms with Crippen molar-refractivity contribution in [2.45, 2.75) is 59.0 Å². The molecule has 0 amide bonds. The van der Waals surface area contributed by atoms with Gasteiger partial charge in [0.2, 0.25) is 0 Å². The van der Waals surface area contributed by atoms with E-state index < -0.39 is 0 Å². The van der Waals surface area contributed by atoms with E-state index in [2.05, 4.69) is 68.5 Å². The molecule has 1 aromatic heterocycles. The van der Waals surface area contributed by atoms with Gasteiger partial charge in [-0.05, 0) is 17.0 Å². The fourth-order valence-electron chi connectivity index (χ4n) is 3.52. The van der Waals surface area contributed by atoms with Crippen LogP contribution in [0.25, 0.3) is 0 Å². The van der Waals surface area contributed by atoms with E-state index in [1.807, 2.05) is 0 Å². The monoisotopic (exact) mass is 311 g/mol. The van der Waals surface area contributed by atoms with Crippen LogP contribution in [0.1, 0.15) is 67.9 Å². The third-order valence-corrected chi connectivity index (χ3v) is 4.94. The van der Waals surface area contributed by atoms with Crippen molar-refractivity contribution in [3.05, 3.63) is 52.6 Å². The molecule has 3 nitrogen and oxygen atoms in total. The summed E-state index contributed by atoms with van der Waals surface area (Å²) < 4.78 is 2.31. The number of aromatic nitrogens is 2. The molecule has 0 atom stereocenters. The van der Waals surface area contributed by atoms with Gasteiger partial charge in [0, 0.05) is 44.7 Å². The summed E-state index contributed by atoms with van der Waals surface area (Å²) in [4.78, 5) is 7.42. The Morgan fingerprint density at radius 2 is 1.74 bits per heavy atom. The van der Waals surface area contributed by atoms with Gasteiger partial charge in [0.05, 0.1) is 5.69 Å². The standard InChI is InChI=1S/C20H29N3/c1-14(2)17-8-6-16(7-9-17)12-23-11-10-19-18(13-23)21-20(15(3)4)22(19)5/h6-9,14-15H,10-13H2,1-5H3. The van der Waals surface area contributed by atoms with Gasteiger partial charge in [0.1, 0.15) is 5.82 Å². The minimum Gasteiger partial charge on any atom is -0.335 e. The number of hydrogen-bond acceptors (Lipinski definition) is 2. The zero-order valence-electron chi connectivity index (χ0n) is 15.1. The first-order valence-corrected chi connectivity index (χ1v) is 8.81. The Balaban J connectivity index is 1.71. The third kappa shape index (κ3) is 3.35. The van der Waals surface area contributed by atoms with Crippen molar-refractivity contribution >= 4 is 0 Å². The van der Waals surface area contributed by atoms with Crippen LogP contribution in [-0.2, 0) is 26.6 Å². The molecule has 2 heterocycles. The third-order valence-electron chi connectivity index (χ3n) is 4.94. The topological polar surface area (TPSA) is 21.1 Å². The van der Waals surface area contributed by atoms with E-state index in [1.54, 1.807) is 0 Å². The molecule has 0 N–H and O–H groups in total. The van der Waals surface area contributed by atoms with E-state index in [9.17, 15) is 0 Å². The lowest BCUT2D eigenvalue weighted by molar-refractivity contribution is 0.240. The molecular formula is C20H29N3. The smallest absolute Gasteiger partial charge is 0.111 e. The fourth-order valence-corrected chi connectivity index (χ4v) is 3.52. The Hall–Kier alpha value is -1.61. The maximum Gasteiger partial charge on any atom is 0.111 e. The van der Waals surface area contributed by atoms with Crippen LogP contribution >= 0.6 is 0 Å². The molecule has 0 aliphatic carbocycles. The van der Waals surface area contributed by atoms with Crippen molar-refractivity contribution in [3.8, 4) is 0 Å². The maximum atomic E-state index is 4.90. The highest BCUT2D eigenvalue weighted by atomic mass is 15.2. The molecule has 0 fully saturated rings. The van der Waals surface area contributed by atoms with Crippen molar-refractivity contribution in [1.29, 1.82) is 0 Å². The molecule has 0 spiro atoms. The summed E-state index contributed by atoms with van der Waals surface area (Å²) in [5, 5.41) is 0. The lowest BCUT2D eigenvalue weighted by Gasteiger charge is -2.26. The van der Waals surface area contributed by atoms with Crippen LogP contribution in [0.3, 0.4) is 0 Å². The van der Waals surface area contributed by atoms with Crippen LogP contribution in [-0.4, -0.2) is 21.0 Å². The molecule has 0 saturated carbocycles. The first kappa shape index (κ1) is 16.3. The predicted molar refractivity (Wildman–Crippen MR) is 95.6 cm³/mol. The SMILES string of the molecule is CC(C)c1ccc(CN2CCc3c(nc(C(C)C)n3C)C2)cc1. The summed E-state index contributed by atoms with van der Waals surface area (Å²) in [6.45, 7) is 12.1. The van der Waals surface area contributed by atoms with Crippen LogP contribution in [0.4, 0.5) is 0 Å². The Labute approximate surface area is 140 Å². The molecule has 0 radical (unpaired) electrons. The highest BCUT2D eigenvalue weighted by Crippen LogP contribution is 2.24. The van der Waals surface area contributed by atoms with Crippen molar-refractivity contribution in [2.24, 2.45) is 7.05 Å². The minimum atomic E-state index is 0.489. The fraction of sp³-hybridized carbons (Fsp3) is 0.550. The highest BCUT2D eigenvalue weighted by Gasteiger charge is 2.23. The second kappa shape index (κ2) is 6.48. The van der Waals surface area contributed by atoms with Crippen molar-refractivity contribution < 1.29 is 0 Å². The molecule has 23 heavy (non-hydrogen) atoms. The Morgan fingerprint density at radius 1 is 1.04 bits per heavy atom. The summed E-state index contributed by atoms with van der Waals surface area (Å²) in [6, 6.07) is 9.10. The van der Waals surface area contributed by atoms with Crippen LogP contribution in [0.15, 0.2) is 24.3 Å². The van der Waals surface area contributed by atoms with Crippen molar-refractivity contribution in [1.82, 2.24) is 14.5 Å². The zero-order chi connectivity index (χ0) is 16.6. The lowest BCUT2D eigenvalue weighted by Crippen LogP contribution is -2.30. The summed E-state index contributed by atoms with van der Waals surface area (Å²) in [6.07, 6.45) is 1.11. The number of nitrogens with zero attached hydrogens (tertiary/aromatic N) is 3. The van der Waals surface area contributed by atoms with Gasteiger partial charge in [-0.15, -0.1) is 0 Å². The van der Waals surface area contributed by atoms with Gasteiger partial charge in [-0.2, -0.15) is 0 Å². The van der Waals surface area contributed by atoms with Gasteiger partial charge in [-0.25, -0.2) is 4.98 Å². The highest BCUT2D eigenvalue weighted by molar-refractivity contribution is 5.26. The predicted octanol–water partition coefficient (Wildman–Crippen LogP) is 4.23.